The van der Waals surface area contributed by atoms with E-state index in [0.717, 1.165) is 5.17 Å². The summed E-state index contributed by atoms with van der Waals surface area (Å²) in [5.74, 6) is 0.642. The van der Waals surface area contributed by atoms with Crippen LogP contribution in [0.15, 0.2) is 17.6 Å². The van der Waals surface area contributed by atoms with Crippen LogP contribution in [0, 0.1) is 0 Å². The molecule has 1 rings (SSSR count). The zero-order valence-electron chi connectivity index (χ0n) is 7.99. The number of amides is 1. The lowest BCUT2D eigenvalue weighted by Crippen LogP contribution is -2.30. The first-order valence-corrected chi connectivity index (χ1v) is 5.25. The van der Waals surface area contributed by atoms with Gasteiger partial charge in [0.15, 0.2) is 5.17 Å². The zero-order chi connectivity index (χ0) is 9.84. The first kappa shape index (κ1) is 10.3. The second-order valence-corrected chi connectivity index (χ2v) is 4.03. The van der Waals surface area contributed by atoms with Crippen LogP contribution in [0.25, 0.3) is 0 Å². The lowest BCUT2D eigenvalue weighted by Gasteiger charge is -2.13. The minimum atomic E-state index is 0.129. The van der Waals surface area contributed by atoms with Crippen molar-refractivity contribution in [3.8, 4) is 0 Å². The molecule has 4 heteroatoms. The van der Waals surface area contributed by atoms with Crippen LogP contribution in [0.5, 0.6) is 0 Å². The topological polar surface area (TPSA) is 32.7 Å². The molecular formula is C9H14N2OS. The summed E-state index contributed by atoms with van der Waals surface area (Å²) in [6, 6.07) is 0.237. The van der Waals surface area contributed by atoms with Crippen molar-refractivity contribution in [2.75, 3.05) is 12.3 Å². The smallest absolute Gasteiger partial charge is 0.239 e. The van der Waals surface area contributed by atoms with Gasteiger partial charge in [0.25, 0.3) is 0 Å². The third-order valence-corrected chi connectivity index (χ3v) is 2.51. The Morgan fingerprint density at radius 3 is 3.00 bits per heavy atom. The van der Waals surface area contributed by atoms with E-state index in [1.54, 1.807) is 11.0 Å². The van der Waals surface area contributed by atoms with Gasteiger partial charge in [0.2, 0.25) is 5.91 Å². The molecule has 0 bridgehead atoms. The lowest BCUT2D eigenvalue weighted by molar-refractivity contribution is -0.123. The molecular weight excluding hydrogens is 184 g/mol. The van der Waals surface area contributed by atoms with Crippen molar-refractivity contribution in [3.63, 3.8) is 0 Å². The molecule has 1 aliphatic rings. The van der Waals surface area contributed by atoms with E-state index in [4.69, 9.17) is 0 Å². The summed E-state index contributed by atoms with van der Waals surface area (Å²) in [6.07, 6.45) is 1.72. The zero-order valence-corrected chi connectivity index (χ0v) is 8.80. The van der Waals surface area contributed by atoms with Gasteiger partial charge in [0.05, 0.1) is 5.75 Å². The molecule has 3 nitrogen and oxygen atoms in total. The van der Waals surface area contributed by atoms with Crippen molar-refractivity contribution in [2.24, 2.45) is 4.99 Å². The van der Waals surface area contributed by atoms with Gasteiger partial charge in [-0.15, -0.1) is 6.58 Å². The van der Waals surface area contributed by atoms with E-state index in [2.05, 4.69) is 11.6 Å². The standard InChI is InChI=1S/C9H14N2OS/c1-4-5-11-8(12)6-13-9(11)10-7(2)3/h4,7H,1,5-6H2,2-3H3. The summed E-state index contributed by atoms with van der Waals surface area (Å²) >= 11 is 1.51. The van der Waals surface area contributed by atoms with Gasteiger partial charge in [-0.25, -0.2) is 0 Å². The van der Waals surface area contributed by atoms with Crippen LogP contribution in [0.3, 0.4) is 0 Å². The maximum absolute atomic E-state index is 11.3. The molecule has 0 aromatic heterocycles. The van der Waals surface area contributed by atoms with Crippen molar-refractivity contribution >= 4 is 22.8 Å². The summed E-state index contributed by atoms with van der Waals surface area (Å²) in [7, 11) is 0. The molecule has 72 valence electrons. The second kappa shape index (κ2) is 4.46. The number of hydrogen-bond acceptors (Lipinski definition) is 3. The Hall–Kier alpha value is -0.770. The molecule has 13 heavy (non-hydrogen) atoms. The van der Waals surface area contributed by atoms with Crippen LogP contribution < -0.4 is 0 Å². The van der Waals surface area contributed by atoms with Gasteiger partial charge in [-0.2, -0.15) is 0 Å². The number of carbonyl (C=O) groups excluding carboxylic acids is 1. The highest BCUT2D eigenvalue weighted by Gasteiger charge is 2.26. The molecule has 0 saturated carbocycles. The fourth-order valence-electron chi connectivity index (χ4n) is 1.03. The quantitative estimate of drug-likeness (QED) is 0.644. The number of carbonyl (C=O) groups is 1. The molecule has 0 N–H and O–H groups in total. The van der Waals surface area contributed by atoms with Gasteiger partial charge in [0.1, 0.15) is 0 Å². The molecule has 0 aromatic carbocycles. The molecule has 1 amide bonds. The van der Waals surface area contributed by atoms with Crippen LogP contribution in [-0.2, 0) is 4.79 Å². The Morgan fingerprint density at radius 2 is 2.46 bits per heavy atom. The summed E-state index contributed by atoms with van der Waals surface area (Å²) in [6.45, 7) is 8.19. The molecule has 0 aromatic rings. The number of thioether (sulfide) groups is 1. The maximum atomic E-state index is 11.3. The summed E-state index contributed by atoms with van der Waals surface area (Å²) in [5, 5.41) is 0.833. The van der Waals surface area contributed by atoms with Crippen molar-refractivity contribution in [2.45, 2.75) is 19.9 Å². The first-order valence-electron chi connectivity index (χ1n) is 4.27. The van der Waals surface area contributed by atoms with E-state index in [1.807, 2.05) is 13.8 Å². The van der Waals surface area contributed by atoms with Crippen LogP contribution in [0.4, 0.5) is 0 Å². The van der Waals surface area contributed by atoms with Crippen LogP contribution in [0.2, 0.25) is 0 Å². The monoisotopic (exact) mass is 198 g/mol. The van der Waals surface area contributed by atoms with Gasteiger partial charge >= 0.3 is 0 Å². The predicted octanol–water partition coefficient (Wildman–Crippen LogP) is 1.51. The minimum Gasteiger partial charge on any atom is -0.287 e. The molecule has 1 aliphatic heterocycles. The van der Waals surface area contributed by atoms with E-state index in [1.165, 1.54) is 11.8 Å². The Labute approximate surface area is 82.9 Å². The maximum Gasteiger partial charge on any atom is 0.239 e. The number of nitrogens with zero attached hydrogens (tertiary/aromatic N) is 2. The van der Waals surface area contributed by atoms with Gasteiger partial charge < -0.3 is 0 Å². The molecule has 0 spiro atoms. The number of amidine groups is 1. The summed E-state index contributed by atoms with van der Waals surface area (Å²) in [4.78, 5) is 17.4. The van der Waals surface area contributed by atoms with E-state index in [9.17, 15) is 4.79 Å². The molecule has 0 radical (unpaired) electrons. The average Bonchev–Trinajstić information content (AvgIpc) is 2.35. The Morgan fingerprint density at radius 1 is 1.77 bits per heavy atom. The number of aliphatic imine (C=N–C) groups is 1. The molecule has 1 saturated heterocycles. The van der Waals surface area contributed by atoms with Crippen LogP contribution in [-0.4, -0.2) is 34.3 Å². The highest BCUT2D eigenvalue weighted by atomic mass is 32.2. The van der Waals surface area contributed by atoms with Crippen LogP contribution >= 0.6 is 11.8 Å². The highest BCUT2D eigenvalue weighted by Crippen LogP contribution is 2.19. The third kappa shape index (κ3) is 2.59. The Kier molecular flexibility index (Phi) is 3.54. The van der Waals surface area contributed by atoms with Crippen molar-refractivity contribution in [3.05, 3.63) is 12.7 Å². The number of hydrogen-bond donors (Lipinski definition) is 0. The van der Waals surface area contributed by atoms with Gasteiger partial charge in [0, 0.05) is 12.6 Å². The molecule has 0 unspecified atom stereocenters. The summed E-state index contributed by atoms with van der Waals surface area (Å²) in [5.41, 5.74) is 0. The predicted molar refractivity (Wildman–Crippen MR) is 56.9 cm³/mol. The largest absolute Gasteiger partial charge is 0.287 e. The summed E-state index contributed by atoms with van der Waals surface area (Å²) < 4.78 is 0. The normalized spacial score (nSPS) is 20.4. The number of rotatable bonds is 3. The molecule has 1 heterocycles. The van der Waals surface area contributed by atoms with Crippen molar-refractivity contribution < 1.29 is 4.79 Å². The van der Waals surface area contributed by atoms with E-state index >= 15 is 0 Å². The van der Waals surface area contributed by atoms with Gasteiger partial charge in [-0.05, 0) is 13.8 Å². The Bertz CT molecular complexity index is 248. The average molecular weight is 198 g/mol. The van der Waals surface area contributed by atoms with Crippen LogP contribution in [0.1, 0.15) is 13.8 Å². The van der Waals surface area contributed by atoms with Crippen molar-refractivity contribution in [1.29, 1.82) is 0 Å². The van der Waals surface area contributed by atoms with Crippen molar-refractivity contribution in [1.82, 2.24) is 4.90 Å². The fourth-order valence-corrected chi connectivity index (χ4v) is 2.05. The van der Waals surface area contributed by atoms with Gasteiger partial charge in [-0.3, -0.25) is 14.7 Å². The lowest BCUT2D eigenvalue weighted by atomic mass is 10.4. The molecule has 1 fully saturated rings. The Balaban J connectivity index is 2.74. The van der Waals surface area contributed by atoms with E-state index in [-0.39, 0.29) is 11.9 Å². The molecule has 0 aliphatic carbocycles. The van der Waals surface area contributed by atoms with E-state index in [0.29, 0.717) is 12.3 Å². The molecule has 0 atom stereocenters. The van der Waals surface area contributed by atoms with E-state index < -0.39 is 0 Å². The highest BCUT2D eigenvalue weighted by molar-refractivity contribution is 8.15. The SMILES string of the molecule is C=CCN1C(=O)CSC1=NC(C)C. The first-order chi connectivity index (χ1) is 6.15. The minimum absolute atomic E-state index is 0.129. The van der Waals surface area contributed by atoms with Gasteiger partial charge in [-0.1, -0.05) is 17.8 Å². The third-order valence-electron chi connectivity index (χ3n) is 1.54. The fraction of sp³-hybridized carbons (Fsp3) is 0.556. The second-order valence-electron chi connectivity index (χ2n) is 3.09.